The smallest absolute Gasteiger partial charge is 0.393 e. The lowest BCUT2D eigenvalue weighted by atomic mass is 9.43. The van der Waals surface area contributed by atoms with E-state index in [4.69, 9.17) is 0 Å². The van der Waals surface area contributed by atoms with Gasteiger partial charge in [-0.05, 0) is 142 Å². The molecule has 5 aliphatic rings. The summed E-state index contributed by atoms with van der Waals surface area (Å²) in [6.07, 6.45) is 10.7. The number of fused-ring (bicyclic) bond motifs is 5. The Kier molecular flexibility index (Phi) is 8.09. The first-order chi connectivity index (χ1) is 17.4. The molecule has 0 bridgehead atoms. The fourth-order valence-corrected chi connectivity index (χ4v) is 11.3. The first-order valence-corrected chi connectivity index (χ1v) is 15.9. The average Bonchev–Trinajstić information content (AvgIpc) is 3.23. The fraction of sp³-hybridized carbons (Fsp3) is 1.00. The van der Waals surface area contributed by atoms with Crippen LogP contribution in [0.15, 0.2) is 0 Å². The third kappa shape index (κ3) is 5.16. The van der Waals surface area contributed by atoms with E-state index < -0.39 is 18.2 Å². The van der Waals surface area contributed by atoms with Crippen molar-refractivity contribution in [3.05, 3.63) is 0 Å². The molecule has 2 nitrogen and oxygen atoms in total. The van der Waals surface area contributed by atoms with Crippen molar-refractivity contribution < 1.29 is 23.4 Å². The molecule has 214 valence electrons. The van der Waals surface area contributed by atoms with Gasteiger partial charge in [0, 0.05) is 0 Å². The largest absolute Gasteiger partial charge is 0.414 e. The molecule has 0 aromatic carbocycles. The molecule has 11 atom stereocenters. The maximum Gasteiger partial charge on any atom is 0.414 e. The van der Waals surface area contributed by atoms with E-state index >= 15 is 0 Å². The molecule has 0 radical (unpaired) electrons. The number of hydrogen-bond donors (Lipinski definition) is 2. The van der Waals surface area contributed by atoms with Gasteiger partial charge >= 0.3 is 6.18 Å². The molecule has 5 heteroatoms. The van der Waals surface area contributed by atoms with Gasteiger partial charge in [-0.25, -0.2) is 0 Å². The van der Waals surface area contributed by atoms with Crippen LogP contribution in [-0.2, 0) is 0 Å². The van der Waals surface area contributed by atoms with Crippen molar-refractivity contribution in [3.63, 3.8) is 0 Å². The van der Waals surface area contributed by atoms with Crippen molar-refractivity contribution in [2.75, 3.05) is 0 Å². The van der Waals surface area contributed by atoms with E-state index in [0.717, 1.165) is 32.1 Å². The summed E-state index contributed by atoms with van der Waals surface area (Å²) in [5.41, 5.74) is 0.270. The Bertz CT molecular complexity index is 778. The summed E-state index contributed by atoms with van der Waals surface area (Å²) in [6.45, 7) is 7.28. The molecule has 0 saturated heterocycles. The maximum atomic E-state index is 13.4. The molecule has 5 fully saturated rings. The van der Waals surface area contributed by atoms with Gasteiger partial charge in [0.05, 0.1) is 6.10 Å². The van der Waals surface area contributed by atoms with Crippen LogP contribution in [0, 0.1) is 58.2 Å². The number of aliphatic hydroxyl groups is 2. The molecule has 5 saturated carbocycles. The highest BCUT2D eigenvalue weighted by Crippen LogP contribution is 2.69. The second-order valence-corrected chi connectivity index (χ2v) is 14.9. The Hall–Kier alpha value is -0.290. The van der Waals surface area contributed by atoms with Gasteiger partial charge in [-0.15, -0.1) is 0 Å². The fourth-order valence-electron chi connectivity index (χ4n) is 11.3. The van der Waals surface area contributed by atoms with E-state index in [1.165, 1.54) is 57.8 Å². The van der Waals surface area contributed by atoms with Crippen molar-refractivity contribution in [3.8, 4) is 0 Å². The van der Waals surface area contributed by atoms with Crippen LogP contribution in [-0.4, -0.2) is 28.6 Å². The van der Waals surface area contributed by atoms with Gasteiger partial charge in [0.1, 0.15) is 0 Å². The minimum absolute atomic E-state index is 0.0623. The minimum atomic E-state index is -4.51. The van der Waals surface area contributed by atoms with Gasteiger partial charge in [0.2, 0.25) is 0 Å². The van der Waals surface area contributed by atoms with Crippen LogP contribution < -0.4 is 0 Å². The van der Waals surface area contributed by atoms with Gasteiger partial charge < -0.3 is 10.2 Å². The van der Waals surface area contributed by atoms with Crippen molar-refractivity contribution in [1.29, 1.82) is 0 Å². The molecule has 37 heavy (non-hydrogen) atoms. The lowest BCUT2D eigenvalue weighted by Crippen LogP contribution is -2.55. The molecular formula is C32H53F3O2. The number of alkyl halides is 3. The van der Waals surface area contributed by atoms with Crippen LogP contribution in [0.2, 0.25) is 0 Å². The zero-order chi connectivity index (χ0) is 26.6. The van der Waals surface area contributed by atoms with Crippen molar-refractivity contribution >= 4 is 0 Å². The molecule has 0 heterocycles. The summed E-state index contributed by atoms with van der Waals surface area (Å²) in [5, 5.41) is 21.0. The van der Waals surface area contributed by atoms with Crippen LogP contribution in [0.3, 0.4) is 0 Å². The first-order valence-electron chi connectivity index (χ1n) is 15.9. The molecular weight excluding hydrogens is 473 g/mol. The topological polar surface area (TPSA) is 40.5 Å². The normalized spacial score (nSPS) is 45.4. The summed E-state index contributed by atoms with van der Waals surface area (Å²) >= 11 is 0. The number of aliphatic hydroxyl groups excluding tert-OH is 2. The van der Waals surface area contributed by atoms with Crippen LogP contribution >= 0.6 is 0 Å². The zero-order valence-electron chi connectivity index (χ0n) is 23.6. The Labute approximate surface area is 223 Å². The molecule has 5 rings (SSSR count). The number of hydrogen-bond acceptors (Lipinski definition) is 2. The standard InChI is InChI=1S/C32H53F3O2/c1-20(9-16-28(36)21-7-5-4-6-8-21)25-14-15-26-24-13-12-23-11-10-22(29(37)32(33,34)35)19-31(23,3)27(24)17-18-30(25,26)2/h20-29,36-37H,4-19H2,1-3H3/t20-,22?,23?,24+,25-,26+,27?,28?,29?,30-,31+/m1/s1. The van der Waals surface area contributed by atoms with Gasteiger partial charge in [0.15, 0.2) is 6.10 Å². The molecule has 2 N–H and O–H groups in total. The lowest BCUT2D eigenvalue weighted by molar-refractivity contribution is -0.232. The van der Waals surface area contributed by atoms with E-state index in [1.54, 1.807) is 0 Å². The predicted molar refractivity (Wildman–Crippen MR) is 142 cm³/mol. The van der Waals surface area contributed by atoms with Gasteiger partial charge in [-0.3, -0.25) is 0 Å². The first kappa shape index (κ1) is 28.2. The highest BCUT2D eigenvalue weighted by Gasteiger charge is 2.61. The van der Waals surface area contributed by atoms with Crippen LogP contribution in [0.5, 0.6) is 0 Å². The molecule has 0 aliphatic heterocycles. The summed E-state index contributed by atoms with van der Waals surface area (Å²) in [4.78, 5) is 0. The third-order valence-electron chi connectivity index (χ3n) is 13.3. The van der Waals surface area contributed by atoms with Gasteiger partial charge in [0.25, 0.3) is 0 Å². The summed E-state index contributed by atoms with van der Waals surface area (Å²) < 4.78 is 40.2. The Morgan fingerprint density at radius 2 is 1.43 bits per heavy atom. The SMILES string of the molecule is C[C@H](CCC(O)C1CCCCC1)[C@H]1CC[C@H]2[C@@H]3CCC4CCC(C(O)C(F)(F)F)C[C@]4(C)C3CC[C@]12C. The quantitative estimate of drug-likeness (QED) is 0.364. The molecule has 5 aliphatic carbocycles. The van der Waals surface area contributed by atoms with Crippen molar-refractivity contribution in [2.45, 2.75) is 142 Å². The van der Waals surface area contributed by atoms with E-state index in [1.807, 2.05) is 0 Å². The van der Waals surface area contributed by atoms with Crippen LogP contribution in [0.25, 0.3) is 0 Å². The van der Waals surface area contributed by atoms with E-state index in [9.17, 15) is 23.4 Å². The number of rotatable bonds is 6. The maximum absolute atomic E-state index is 13.4. The summed E-state index contributed by atoms with van der Waals surface area (Å²) in [5.74, 6) is 3.54. The molecule has 5 unspecified atom stereocenters. The van der Waals surface area contributed by atoms with E-state index in [2.05, 4.69) is 20.8 Å². The van der Waals surface area contributed by atoms with E-state index in [-0.39, 0.29) is 11.5 Å². The molecule has 0 spiro atoms. The number of halogens is 3. The zero-order valence-corrected chi connectivity index (χ0v) is 23.6. The lowest BCUT2D eigenvalue weighted by Gasteiger charge is -2.62. The second kappa shape index (κ2) is 10.6. The molecule has 0 amide bonds. The van der Waals surface area contributed by atoms with Gasteiger partial charge in [-0.2, -0.15) is 13.2 Å². The average molecular weight is 527 g/mol. The van der Waals surface area contributed by atoms with Crippen LogP contribution in [0.4, 0.5) is 13.2 Å². The Morgan fingerprint density at radius 3 is 2.14 bits per heavy atom. The summed E-state index contributed by atoms with van der Waals surface area (Å²) in [6, 6.07) is 0. The van der Waals surface area contributed by atoms with Crippen molar-refractivity contribution in [1.82, 2.24) is 0 Å². The van der Waals surface area contributed by atoms with Gasteiger partial charge in [-0.1, -0.05) is 40.0 Å². The predicted octanol–water partition coefficient (Wildman–Crippen LogP) is 8.54. The summed E-state index contributed by atoms with van der Waals surface area (Å²) in [7, 11) is 0. The minimum Gasteiger partial charge on any atom is -0.393 e. The molecule has 0 aromatic rings. The molecule has 0 aromatic heterocycles. The highest BCUT2D eigenvalue weighted by atomic mass is 19.4. The highest BCUT2D eigenvalue weighted by molar-refractivity contribution is 5.10. The second-order valence-electron chi connectivity index (χ2n) is 14.9. The van der Waals surface area contributed by atoms with E-state index in [0.29, 0.717) is 59.7 Å². The van der Waals surface area contributed by atoms with Crippen LogP contribution in [0.1, 0.15) is 124 Å². The third-order valence-corrected chi connectivity index (χ3v) is 13.3. The van der Waals surface area contributed by atoms with Crippen molar-refractivity contribution in [2.24, 2.45) is 58.2 Å². The Morgan fingerprint density at radius 1 is 0.757 bits per heavy atom. The Balaban J connectivity index is 1.24. The monoisotopic (exact) mass is 526 g/mol.